The molecule has 142 valence electrons. The van der Waals surface area contributed by atoms with Crippen LogP contribution >= 0.6 is 0 Å². The van der Waals surface area contributed by atoms with Crippen LogP contribution in [0.4, 0.5) is 0 Å². The number of methoxy groups -OCH3 is 1. The summed E-state index contributed by atoms with van der Waals surface area (Å²) in [6.45, 7) is 0.177. The van der Waals surface area contributed by atoms with Crippen molar-refractivity contribution < 1.29 is 14.3 Å². The normalized spacial score (nSPS) is 11.1. The molecular weight excluding hydrogens is 360 g/mol. The number of aryl methyl sites for hydroxylation is 2. The molecule has 0 amide bonds. The van der Waals surface area contributed by atoms with Gasteiger partial charge in [-0.05, 0) is 35.0 Å². The summed E-state index contributed by atoms with van der Waals surface area (Å²) < 4.78 is 13.6. The van der Waals surface area contributed by atoms with Crippen molar-refractivity contribution in [1.82, 2.24) is 19.3 Å². The Labute approximate surface area is 159 Å². The average molecular weight is 378 g/mol. The second-order valence-electron chi connectivity index (χ2n) is 6.35. The SMILES string of the molecule is COc1ccc2ccc(OC(=O)CCn3cnc4c(cnn4C)c3=O)cc2c1. The standard InChI is InChI=1S/C20H18N4O4/c1-23-19-17(11-22-23)20(26)24(12-21-19)8-7-18(25)28-16-6-4-13-3-5-15(27-2)9-14(13)10-16/h3-6,9-12H,7-8H2,1-2H3. The Bertz CT molecular complexity index is 1240. The van der Waals surface area contributed by atoms with Gasteiger partial charge in [-0.1, -0.05) is 12.1 Å². The topological polar surface area (TPSA) is 88.2 Å². The summed E-state index contributed by atoms with van der Waals surface area (Å²) >= 11 is 0. The van der Waals surface area contributed by atoms with E-state index in [4.69, 9.17) is 9.47 Å². The van der Waals surface area contributed by atoms with Gasteiger partial charge >= 0.3 is 5.97 Å². The van der Waals surface area contributed by atoms with Crippen molar-refractivity contribution in [1.29, 1.82) is 0 Å². The van der Waals surface area contributed by atoms with Crippen LogP contribution in [0.25, 0.3) is 21.8 Å². The van der Waals surface area contributed by atoms with E-state index in [0.29, 0.717) is 16.8 Å². The van der Waals surface area contributed by atoms with Crippen LogP contribution in [0.15, 0.2) is 53.7 Å². The van der Waals surface area contributed by atoms with Gasteiger partial charge in [0.2, 0.25) is 0 Å². The molecule has 0 unspecified atom stereocenters. The zero-order valence-corrected chi connectivity index (χ0v) is 15.5. The molecule has 0 saturated carbocycles. The third-order valence-electron chi connectivity index (χ3n) is 4.53. The molecule has 28 heavy (non-hydrogen) atoms. The Kier molecular flexibility index (Phi) is 4.52. The van der Waals surface area contributed by atoms with Crippen LogP contribution in [-0.2, 0) is 18.4 Å². The van der Waals surface area contributed by atoms with E-state index in [1.165, 1.54) is 21.8 Å². The molecule has 0 aliphatic heterocycles. The maximum absolute atomic E-state index is 12.4. The van der Waals surface area contributed by atoms with Crippen LogP contribution in [0.3, 0.4) is 0 Å². The number of hydrogen-bond donors (Lipinski definition) is 0. The lowest BCUT2D eigenvalue weighted by Crippen LogP contribution is -2.23. The molecule has 0 aliphatic carbocycles. The molecule has 2 aromatic heterocycles. The molecule has 4 rings (SSSR count). The van der Waals surface area contributed by atoms with Crippen molar-refractivity contribution in [2.24, 2.45) is 7.05 Å². The minimum atomic E-state index is -0.430. The molecule has 0 saturated heterocycles. The van der Waals surface area contributed by atoms with Crippen LogP contribution in [-0.4, -0.2) is 32.4 Å². The van der Waals surface area contributed by atoms with E-state index < -0.39 is 5.97 Å². The van der Waals surface area contributed by atoms with Gasteiger partial charge < -0.3 is 9.47 Å². The minimum absolute atomic E-state index is 0.0451. The van der Waals surface area contributed by atoms with Gasteiger partial charge in [-0.15, -0.1) is 0 Å². The number of aromatic nitrogens is 4. The predicted molar refractivity (Wildman–Crippen MR) is 104 cm³/mol. The van der Waals surface area contributed by atoms with E-state index in [1.54, 1.807) is 26.3 Å². The summed E-state index contributed by atoms with van der Waals surface area (Å²) in [7, 11) is 3.32. The molecule has 4 aromatic rings. The summed E-state index contributed by atoms with van der Waals surface area (Å²) in [5.74, 6) is 0.744. The fourth-order valence-corrected chi connectivity index (χ4v) is 3.01. The summed E-state index contributed by atoms with van der Waals surface area (Å²) in [6.07, 6.45) is 2.94. The van der Waals surface area contributed by atoms with Gasteiger partial charge in [0.25, 0.3) is 5.56 Å². The average Bonchev–Trinajstić information content (AvgIpc) is 3.08. The van der Waals surface area contributed by atoms with Crippen LogP contribution in [0.5, 0.6) is 11.5 Å². The molecular formula is C20H18N4O4. The second-order valence-corrected chi connectivity index (χ2v) is 6.35. The van der Waals surface area contributed by atoms with Gasteiger partial charge in [-0.25, -0.2) is 4.98 Å². The lowest BCUT2D eigenvalue weighted by Gasteiger charge is -2.08. The Morgan fingerprint density at radius 2 is 1.86 bits per heavy atom. The number of carbonyl (C=O) groups is 1. The van der Waals surface area contributed by atoms with E-state index in [-0.39, 0.29) is 18.5 Å². The number of rotatable bonds is 5. The third-order valence-corrected chi connectivity index (χ3v) is 4.53. The van der Waals surface area contributed by atoms with Gasteiger partial charge in [0, 0.05) is 13.6 Å². The summed E-state index contributed by atoms with van der Waals surface area (Å²) in [4.78, 5) is 28.9. The highest BCUT2D eigenvalue weighted by Gasteiger charge is 2.11. The molecule has 2 heterocycles. The Hall–Kier alpha value is -3.68. The predicted octanol–water partition coefficient (Wildman–Crippen LogP) is 2.29. The highest BCUT2D eigenvalue weighted by Crippen LogP contribution is 2.25. The first-order valence-corrected chi connectivity index (χ1v) is 8.71. The monoisotopic (exact) mass is 378 g/mol. The minimum Gasteiger partial charge on any atom is -0.497 e. The Morgan fingerprint density at radius 3 is 2.64 bits per heavy atom. The van der Waals surface area contributed by atoms with Crippen LogP contribution in [0, 0.1) is 0 Å². The number of fused-ring (bicyclic) bond motifs is 2. The van der Waals surface area contributed by atoms with Gasteiger partial charge in [0.1, 0.15) is 16.9 Å². The Balaban J connectivity index is 1.46. The van der Waals surface area contributed by atoms with Crippen LogP contribution in [0.2, 0.25) is 0 Å². The van der Waals surface area contributed by atoms with E-state index in [2.05, 4.69) is 10.1 Å². The lowest BCUT2D eigenvalue weighted by atomic mass is 10.1. The number of hydrogen-bond acceptors (Lipinski definition) is 6. The molecule has 0 bridgehead atoms. The molecule has 2 aromatic carbocycles. The maximum Gasteiger partial charge on any atom is 0.312 e. The first kappa shape index (κ1) is 17.7. The fourth-order valence-electron chi connectivity index (χ4n) is 3.01. The fraction of sp³-hybridized carbons (Fsp3) is 0.200. The van der Waals surface area contributed by atoms with Crippen LogP contribution in [0.1, 0.15) is 6.42 Å². The highest BCUT2D eigenvalue weighted by atomic mass is 16.5. The molecule has 0 atom stereocenters. The second kappa shape index (κ2) is 7.15. The highest BCUT2D eigenvalue weighted by molar-refractivity contribution is 5.86. The number of ether oxygens (including phenoxy) is 2. The molecule has 8 nitrogen and oxygen atoms in total. The maximum atomic E-state index is 12.4. The van der Waals surface area contributed by atoms with Crippen molar-refractivity contribution in [2.75, 3.05) is 7.11 Å². The lowest BCUT2D eigenvalue weighted by molar-refractivity contribution is -0.134. The first-order chi connectivity index (χ1) is 13.5. The van der Waals surface area contributed by atoms with Gasteiger partial charge in [-0.3, -0.25) is 18.8 Å². The quantitative estimate of drug-likeness (QED) is 0.391. The zero-order chi connectivity index (χ0) is 19.7. The number of benzene rings is 2. The van der Waals surface area contributed by atoms with E-state index in [1.807, 2.05) is 24.3 Å². The van der Waals surface area contributed by atoms with Gasteiger partial charge in [-0.2, -0.15) is 5.10 Å². The zero-order valence-electron chi connectivity index (χ0n) is 15.5. The van der Waals surface area contributed by atoms with Crippen molar-refractivity contribution >= 4 is 27.8 Å². The third kappa shape index (κ3) is 3.32. The number of carbonyl (C=O) groups excluding carboxylic acids is 1. The molecule has 0 radical (unpaired) electrons. The summed E-state index contributed by atoms with van der Waals surface area (Å²) in [5.41, 5.74) is 0.277. The number of nitrogens with zero attached hydrogens (tertiary/aromatic N) is 4. The van der Waals surface area contributed by atoms with E-state index in [9.17, 15) is 9.59 Å². The van der Waals surface area contributed by atoms with Crippen molar-refractivity contribution in [3.63, 3.8) is 0 Å². The number of esters is 1. The van der Waals surface area contributed by atoms with Crippen LogP contribution < -0.4 is 15.0 Å². The molecule has 0 spiro atoms. The largest absolute Gasteiger partial charge is 0.497 e. The molecule has 8 heteroatoms. The summed E-state index contributed by atoms with van der Waals surface area (Å²) in [5, 5.41) is 6.37. The van der Waals surface area contributed by atoms with Gasteiger partial charge in [0.05, 0.1) is 26.1 Å². The Morgan fingerprint density at radius 1 is 1.11 bits per heavy atom. The molecule has 0 N–H and O–H groups in total. The summed E-state index contributed by atoms with van der Waals surface area (Å²) in [6, 6.07) is 11.1. The van der Waals surface area contributed by atoms with Gasteiger partial charge in [0.15, 0.2) is 5.65 Å². The molecule has 0 aliphatic rings. The van der Waals surface area contributed by atoms with Crippen molar-refractivity contribution in [3.05, 3.63) is 59.3 Å². The van der Waals surface area contributed by atoms with Crippen molar-refractivity contribution in [3.8, 4) is 11.5 Å². The molecule has 0 fully saturated rings. The first-order valence-electron chi connectivity index (χ1n) is 8.71. The van der Waals surface area contributed by atoms with E-state index >= 15 is 0 Å². The van der Waals surface area contributed by atoms with E-state index in [0.717, 1.165) is 16.5 Å². The smallest absolute Gasteiger partial charge is 0.312 e. The van der Waals surface area contributed by atoms with Crippen molar-refractivity contribution in [2.45, 2.75) is 13.0 Å².